The minimum atomic E-state index is -4.81. The zero-order valence-corrected chi connectivity index (χ0v) is 7.10. The summed E-state index contributed by atoms with van der Waals surface area (Å²) in [6, 6.07) is 1.76. The first-order chi connectivity index (χ1) is 6.97. The third-order valence-electron chi connectivity index (χ3n) is 1.72. The van der Waals surface area contributed by atoms with E-state index in [4.69, 9.17) is 0 Å². The Hall–Kier alpha value is -1.79. The van der Waals surface area contributed by atoms with Gasteiger partial charge in [0, 0.05) is 0 Å². The average Bonchev–Trinajstić information content (AvgIpc) is 2.57. The van der Waals surface area contributed by atoms with E-state index in [2.05, 4.69) is 14.7 Å². The minimum Gasteiger partial charge on any atom is -0.403 e. The monoisotopic (exact) mass is 220 g/mol. The molecule has 0 bridgehead atoms. The molecule has 0 aliphatic heterocycles. The highest BCUT2D eigenvalue weighted by Gasteiger charge is 2.32. The van der Waals surface area contributed by atoms with Gasteiger partial charge >= 0.3 is 6.36 Å². The molecule has 0 atom stereocenters. The fraction of sp³-hybridized carbons (Fsp3) is 0.125. The number of fused-ring (bicyclic) bond motifs is 1. The molecule has 15 heavy (non-hydrogen) atoms. The molecule has 0 aliphatic carbocycles. The highest BCUT2D eigenvalue weighted by Crippen LogP contribution is 2.29. The summed E-state index contributed by atoms with van der Waals surface area (Å²) in [6.45, 7) is 0. The van der Waals surface area contributed by atoms with Gasteiger partial charge in [-0.1, -0.05) is 0 Å². The molecule has 3 nitrogen and oxygen atoms in total. The molecule has 1 heterocycles. The molecule has 0 fully saturated rings. The lowest BCUT2D eigenvalue weighted by Crippen LogP contribution is -2.17. The van der Waals surface area contributed by atoms with E-state index in [-0.39, 0.29) is 11.0 Å². The number of nitrogens with zero attached hydrogens (tertiary/aromatic N) is 1. The Labute approximate surface area is 80.7 Å². The van der Waals surface area contributed by atoms with Crippen LogP contribution in [0.3, 0.4) is 0 Å². The van der Waals surface area contributed by atoms with Crippen LogP contribution in [0.5, 0.6) is 5.75 Å². The fourth-order valence-corrected chi connectivity index (χ4v) is 1.18. The van der Waals surface area contributed by atoms with Crippen LogP contribution in [-0.2, 0) is 0 Å². The third kappa shape index (κ3) is 1.85. The van der Waals surface area contributed by atoms with Crippen LogP contribution in [0.4, 0.5) is 17.6 Å². The predicted molar refractivity (Wildman–Crippen MR) is 42.7 cm³/mol. The largest absolute Gasteiger partial charge is 0.573 e. The first kappa shape index (κ1) is 9.75. The molecule has 0 saturated carbocycles. The number of aromatic nitrogens is 2. The van der Waals surface area contributed by atoms with E-state index in [0.717, 1.165) is 18.5 Å². The molecule has 1 N–H and O–H groups in total. The number of hydrogen-bond donors (Lipinski definition) is 1. The molecule has 0 amide bonds. The zero-order chi connectivity index (χ0) is 11.1. The van der Waals surface area contributed by atoms with Crippen molar-refractivity contribution >= 4 is 11.0 Å². The highest BCUT2D eigenvalue weighted by atomic mass is 19.4. The van der Waals surface area contributed by atoms with Gasteiger partial charge in [0.15, 0.2) is 11.6 Å². The Balaban J connectivity index is 2.53. The molecule has 1 aromatic heterocycles. The van der Waals surface area contributed by atoms with Crippen LogP contribution in [0.1, 0.15) is 0 Å². The minimum absolute atomic E-state index is 0.118. The number of ether oxygens (including phenoxy) is 1. The maximum atomic E-state index is 13.0. The highest BCUT2D eigenvalue weighted by molar-refractivity contribution is 5.81. The third-order valence-corrected chi connectivity index (χ3v) is 1.72. The summed E-state index contributed by atoms with van der Waals surface area (Å²) < 4.78 is 52.5. The van der Waals surface area contributed by atoms with Crippen molar-refractivity contribution in [2.75, 3.05) is 0 Å². The second kappa shape index (κ2) is 3.11. The van der Waals surface area contributed by atoms with Gasteiger partial charge in [-0.05, 0) is 12.1 Å². The van der Waals surface area contributed by atoms with Crippen LogP contribution in [-0.4, -0.2) is 16.3 Å². The summed E-state index contributed by atoms with van der Waals surface area (Å²) in [7, 11) is 0. The topological polar surface area (TPSA) is 37.9 Å². The number of halogens is 4. The Morgan fingerprint density at radius 2 is 2.00 bits per heavy atom. The lowest BCUT2D eigenvalue weighted by atomic mass is 10.3. The van der Waals surface area contributed by atoms with Crippen molar-refractivity contribution in [3.05, 3.63) is 24.3 Å². The number of H-pyrrole nitrogens is 1. The Bertz CT molecular complexity index is 491. The molecule has 1 aromatic carbocycles. The summed E-state index contributed by atoms with van der Waals surface area (Å²) in [5, 5.41) is 0. The molecule has 0 radical (unpaired) electrons. The van der Waals surface area contributed by atoms with E-state index in [1.807, 2.05) is 0 Å². The van der Waals surface area contributed by atoms with Gasteiger partial charge in [0.25, 0.3) is 0 Å². The van der Waals surface area contributed by atoms with Crippen LogP contribution >= 0.6 is 0 Å². The van der Waals surface area contributed by atoms with Gasteiger partial charge in [-0.25, -0.2) is 9.37 Å². The van der Waals surface area contributed by atoms with E-state index in [0.29, 0.717) is 0 Å². The first-order valence-corrected chi connectivity index (χ1v) is 3.85. The van der Waals surface area contributed by atoms with Gasteiger partial charge in [0.2, 0.25) is 0 Å². The van der Waals surface area contributed by atoms with Gasteiger partial charge in [-0.15, -0.1) is 13.2 Å². The predicted octanol–water partition coefficient (Wildman–Crippen LogP) is 2.60. The number of nitrogens with one attached hydrogen (secondary N) is 1. The van der Waals surface area contributed by atoms with E-state index in [1.54, 1.807) is 0 Å². The van der Waals surface area contributed by atoms with Crippen LogP contribution in [0, 0.1) is 5.82 Å². The fourth-order valence-electron chi connectivity index (χ4n) is 1.18. The standard InChI is InChI=1S/C8H4F4N2O/c9-4-1-2-5(15-8(10,11)12)7-6(4)13-3-14-7/h1-3H,(H,13,14). The molecule has 0 aliphatic rings. The van der Waals surface area contributed by atoms with Crippen molar-refractivity contribution in [3.63, 3.8) is 0 Å². The summed E-state index contributed by atoms with van der Waals surface area (Å²) in [5.41, 5.74) is -0.302. The summed E-state index contributed by atoms with van der Waals surface area (Å²) in [5.74, 6) is -1.21. The molecule has 0 spiro atoms. The quantitative estimate of drug-likeness (QED) is 0.750. The van der Waals surface area contributed by atoms with Crippen LogP contribution in [0.15, 0.2) is 18.5 Å². The molecule has 7 heteroatoms. The molecular weight excluding hydrogens is 216 g/mol. The number of imidazole rings is 1. The first-order valence-electron chi connectivity index (χ1n) is 3.85. The molecule has 2 rings (SSSR count). The van der Waals surface area contributed by atoms with Crippen LogP contribution in [0.25, 0.3) is 11.0 Å². The average molecular weight is 220 g/mol. The lowest BCUT2D eigenvalue weighted by Gasteiger charge is -2.09. The van der Waals surface area contributed by atoms with E-state index >= 15 is 0 Å². The summed E-state index contributed by atoms with van der Waals surface area (Å²) in [6.07, 6.45) is -3.72. The van der Waals surface area contributed by atoms with Gasteiger partial charge in [0.1, 0.15) is 11.0 Å². The SMILES string of the molecule is Fc1ccc(OC(F)(F)F)c2[nH]cnc12. The van der Waals surface area contributed by atoms with Crippen molar-refractivity contribution in [1.82, 2.24) is 9.97 Å². The Kier molecular flexibility index (Phi) is 2.02. The number of alkyl halides is 3. The van der Waals surface area contributed by atoms with Crippen LogP contribution in [0.2, 0.25) is 0 Å². The van der Waals surface area contributed by atoms with Gasteiger partial charge in [0.05, 0.1) is 6.33 Å². The molecule has 0 saturated heterocycles. The van der Waals surface area contributed by atoms with E-state index in [9.17, 15) is 17.6 Å². The Morgan fingerprint density at radius 3 is 2.67 bits per heavy atom. The van der Waals surface area contributed by atoms with Crippen molar-refractivity contribution < 1.29 is 22.3 Å². The Morgan fingerprint density at radius 1 is 1.27 bits per heavy atom. The van der Waals surface area contributed by atoms with E-state index < -0.39 is 17.9 Å². The summed E-state index contributed by atoms with van der Waals surface area (Å²) in [4.78, 5) is 5.91. The van der Waals surface area contributed by atoms with Crippen LogP contribution < -0.4 is 4.74 Å². The van der Waals surface area contributed by atoms with Gasteiger partial charge < -0.3 is 9.72 Å². The van der Waals surface area contributed by atoms with Gasteiger partial charge in [-0.3, -0.25) is 0 Å². The number of aromatic amines is 1. The second-order valence-corrected chi connectivity index (χ2v) is 2.72. The lowest BCUT2D eigenvalue weighted by molar-refractivity contribution is -0.274. The van der Waals surface area contributed by atoms with Crippen molar-refractivity contribution in [2.24, 2.45) is 0 Å². The second-order valence-electron chi connectivity index (χ2n) is 2.72. The van der Waals surface area contributed by atoms with Crippen molar-refractivity contribution in [2.45, 2.75) is 6.36 Å². The zero-order valence-electron chi connectivity index (χ0n) is 7.10. The molecule has 80 valence electrons. The number of rotatable bonds is 1. The van der Waals surface area contributed by atoms with Gasteiger partial charge in [-0.2, -0.15) is 0 Å². The normalized spacial score (nSPS) is 12.0. The smallest absolute Gasteiger partial charge is 0.403 e. The van der Waals surface area contributed by atoms with Crippen molar-refractivity contribution in [1.29, 1.82) is 0 Å². The number of hydrogen-bond acceptors (Lipinski definition) is 2. The summed E-state index contributed by atoms with van der Waals surface area (Å²) >= 11 is 0. The molecular formula is C8H4F4N2O. The number of benzene rings is 1. The molecule has 0 unspecified atom stereocenters. The van der Waals surface area contributed by atoms with Crippen molar-refractivity contribution in [3.8, 4) is 5.75 Å². The van der Waals surface area contributed by atoms with E-state index in [1.165, 1.54) is 0 Å². The maximum Gasteiger partial charge on any atom is 0.573 e. The molecule has 2 aromatic rings. The maximum absolute atomic E-state index is 13.0.